The van der Waals surface area contributed by atoms with E-state index < -0.39 is 17.6 Å². The molecule has 19 heavy (non-hydrogen) atoms. The highest BCUT2D eigenvalue weighted by Gasteiger charge is 2.23. The molecule has 0 aliphatic heterocycles. The maximum absolute atomic E-state index is 12.3. The van der Waals surface area contributed by atoms with Crippen molar-refractivity contribution >= 4 is 27.4 Å². The largest absolute Gasteiger partial charge is 0.458 e. The van der Waals surface area contributed by atoms with Crippen molar-refractivity contribution in [3.05, 3.63) is 34.1 Å². The van der Waals surface area contributed by atoms with Gasteiger partial charge >= 0.3 is 5.97 Å². The Morgan fingerprint density at radius 1 is 1.37 bits per heavy atom. The third kappa shape index (κ3) is 2.87. The molecule has 0 saturated heterocycles. The van der Waals surface area contributed by atoms with Gasteiger partial charge in [-0.05, 0) is 45.2 Å². The van der Waals surface area contributed by atoms with Gasteiger partial charge < -0.3 is 9.30 Å². The second kappa shape index (κ2) is 4.81. The molecular formula is C14H17NO3S. The first-order valence-corrected chi connectivity index (χ1v) is 6.99. The highest BCUT2D eigenvalue weighted by Crippen LogP contribution is 2.19. The second-order valence-corrected chi connectivity index (χ2v) is 6.38. The Labute approximate surface area is 115 Å². The molecule has 2 rings (SSSR count). The van der Waals surface area contributed by atoms with Gasteiger partial charge in [-0.15, -0.1) is 11.3 Å². The van der Waals surface area contributed by atoms with Crippen molar-refractivity contribution in [3.63, 3.8) is 0 Å². The maximum Gasteiger partial charge on any atom is 0.329 e. The molecule has 0 radical (unpaired) electrons. The molecule has 2 aromatic rings. The Morgan fingerprint density at radius 2 is 2.05 bits per heavy atom. The van der Waals surface area contributed by atoms with E-state index in [1.165, 1.54) is 15.9 Å². The van der Waals surface area contributed by atoms with Crippen LogP contribution in [0, 0.1) is 0 Å². The summed E-state index contributed by atoms with van der Waals surface area (Å²) in [6.45, 7) is 7.10. The molecule has 0 spiro atoms. The lowest BCUT2D eigenvalue weighted by Gasteiger charge is -2.23. The number of pyridine rings is 1. The average Bonchev–Trinajstić information content (AvgIpc) is 2.75. The van der Waals surface area contributed by atoms with Gasteiger partial charge in [-0.1, -0.05) is 0 Å². The van der Waals surface area contributed by atoms with Crippen molar-refractivity contribution < 1.29 is 9.53 Å². The minimum atomic E-state index is -0.629. The third-order valence-electron chi connectivity index (χ3n) is 2.71. The second-order valence-electron chi connectivity index (χ2n) is 5.44. The summed E-state index contributed by atoms with van der Waals surface area (Å²) < 4.78 is 7.65. The van der Waals surface area contributed by atoms with Gasteiger partial charge in [0.1, 0.15) is 11.6 Å². The molecule has 0 aromatic carbocycles. The van der Waals surface area contributed by atoms with Gasteiger partial charge in [-0.25, -0.2) is 4.79 Å². The van der Waals surface area contributed by atoms with Gasteiger partial charge in [0.15, 0.2) is 0 Å². The lowest BCUT2D eigenvalue weighted by molar-refractivity contribution is -0.158. The topological polar surface area (TPSA) is 48.3 Å². The number of carbonyl (C=O) groups excluding carboxylic acids is 1. The van der Waals surface area contributed by atoms with Crippen LogP contribution >= 0.6 is 11.3 Å². The lowest BCUT2D eigenvalue weighted by Crippen LogP contribution is -2.33. The Hall–Kier alpha value is -1.62. The molecule has 0 amide bonds. The Balaban J connectivity index is 2.36. The van der Waals surface area contributed by atoms with Crippen LogP contribution in [0.25, 0.3) is 10.1 Å². The van der Waals surface area contributed by atoms with Gasteiger partial charge in [-0.2, -0.15) is 0 Å². The summed E-state index contributed by atoms with van der Waals surface area (Å²) in [6.07, 6.45) is 1.65. The number of carbonyl (C=O) groups is 1. The highest BCUT2D eigenvalue weighted by molar-refractivity contribution is 7.17. The summed E-state index contributed by atoms with van der Waals surface area (Å²) in [5.41, 5.74) is -0.710. The van der Waals surface area contributed by atoms with Gasteiger partial charge in [0.05, 0.1) is 5.39 Å². The van der Waals surface area contributed by atoms with Crippen molar-refractivity contribution in [2.45, 2.75) is 39.3 Å². The van der Waals surface area contributed by atoms with E-state index in [1.807, 2.05) is 32.2 Å². The first-order valence-electron chi connectivity index (χ1n) is 6.11. The summed E-state index contributed by atoms with van der Waals surface area (Å²) in [7, 11) is 0. The van der Waals surface area contributed by atoms with Crippen LogP contribution < -0.4 is 5.56 Å². The maximum atomic E-state index is 12.3. The van der Waals surface area contributed by atoms with Gasteiger partial charge in [0.2, 0.25) is 0 Å². The summed E-state index contributed by atoms with van der Waals surface area (Å²) in [4.78, 5) is 24.3. The Kier molecular flexibility index (Phi) is 3.49. The number of hydrogen-bond acceptors (Lipinski definition) is 4. The van der Waals surface area contributed by atoms with Crippen LogP contribution in [0.15, 0.2) is 28.5 Å². The number of nitrogens with zero attached hydrogens (tertiary/aromatic N) is 1. The fraction of sp³-hybridized carbons (Fsp3) is 0.429. The van der Waals surface area contributed by atoms with Gasteiger partial charge in [-0.3, -0.25) is 4.79 Å². The van der Waals surface area contributed by atoms with Crippen LogP contribution in [-0.2, 0) is 9.53 Å². The van der Waals surface area contributed by atoms with Crippen LogP contribution in [0.2, 0.25) is 0 Å². The molecule has 2 aromatic heterocycles. The van der Waals surface area contributed by atoms with E-state index in [0.717, 1.165) is 4.70 Å². The molecular weight excluding hydrogens is 262 g/mol. The summed E-state index contributed by atoms with van der Waals surface area (Å²) in [5, 5.41) is 2.51. The van der Waals surface area contributed by atoms with Crippen LogP contribution in [0.3, 0.4) is 0 Å². The molecule has 0 N–H and O–H groups in total. The van der Waals surface area contributed by atoms with Crippen LogP contribution in [-0.4, -0.2) is 16.1 Å². The molecule has 0 saturated carbocycles. The number of fused-ring (bicyclic) bond motifs is 1. The van der Waals surface area contributed by atoms with Gasteiger partial charge in [0.25, 0.3) is 5.56 Å². The van der Waals surface area contributed by atoms with E-state index in [9.17, 15) is 9.59 Å². The van der Waals surface area contributed by atoms with Crippen molar-refractivity contribution in [2.75, 3.05) is 0 Å². The number of ether oxygens (including phenoxy) is 1. The summed E-state index contributed by atoms with van der Waals surface area (Å²) in [5.74, 6) is -0.399. The molecule has 4 nitrogen and oxygen atoms in total. The summed E-state index contributed by atoms with van der Waals surface area (Å²) in [6, 6.07) is 3.00. The van der Waals surface area contributed by atoms with E-state index in [0.29, 0.717) is 5.39 Å². The van der Waals surface area contributed by atoms with Crippen LogP contribution in [0.5, 0.6) is 0 Å². The smallest absolute Gasteiger partial charge is 0.329 e. The van der Waals surface area contributed by atoms with E-state index in [4.69, 9.17) is 4.74 Å². The van der Waals surface area contributed by atoms with Crippen LogP contribution in [0.4, 0.5) is 0 Å². The zero-order valence-corrected chi connectivity index (χ0v) is 12.3. The third-order valence-corrected chi connectivity index (χ3v) is 3.59. The average molecular weight is 279 g/mol. The predicted octanol–water partition coefficient (Wildman–Crippen LogP) is 2.97. The lowest BCUT2D eigenvalue weighted by atomic mass is 10.2. The zero-order chi connectivity index (χ0) is 14.2. The van der Waals surface area contributed by atoms with Crippen molar-refractivity contribution in [1.29, 1.82) is 0 Å². The predicted molar refractivity (Wildman–Crippen MR) is 76.6 cm³/mol. The number of hydrogen-bond donors (Lipinski definition) is 0. The summed E-state index contributed by atoms with van der Waals surface area (Å²) >= 11 is 1.51. The highest BCUT2D eigenvalue weighted by atomic mass is 32.1. The molecule has 0 fully saturated rings. The number of esters is 1. The number of rotatable bonds is 2. The van der Waals surface area contributed by atoms with E-state index in [1.54, 1.807) is 19.2 Å². The number of aromatic nitrogens is 1. The minimum absolute atomic E-state index is 0.155. The zero-order valence-electron chi connectivity index (χ0n) is 11.5. The molecule has 1 unspecified atom stereocenters. The van der Waals surface area contributed by atoms with Crippen molar-refractivity contribution in [1.82, 2.24) is 4.57 Å². The minimum Gasteiger partial charge on any atom is -0.458 e. The first-order chi connectivity index (χ1) is 8.79. The molecule has 2 heterocycles. The quantitative estimate of drug-likeness (QED) is 0.794. The molecule has 0 aliphatic carbocycles. The Bertz CT molecular complexity index is 663. The monoisotopic (exact) mass is 279 g/mol. The normalized spacial score (nSPS) is 13.5. The molecule has 0 bridgehead atoms. The standard InChI is InChI=1S/C14H17NO3S/c1-9(13(17)18-14(2,3)4)15-7-5-11-10(12(15)16)6-8-19-11/h5-9H,1-4H3. The van der Waals surface area contributed by atoms with Crippen LogP contribution in [0.1, 0.15) is 33.7 Å². The van der Waals surface area contributed by atoms with E-state index in [2.05, 4.69) is 0 Å². The van der Waals surface area contributed by atoms with Crippen molar-refractivity contribution in [3.8, 4) is 0 Å². The van der Waals surface area contributed by atoms with E-state index in [-0.39, 0.29) is 5.56 Å². The number of thiophene rings is 1. The van der Waals surface area contributed by atoms with Crippen molar-refractivity contribution in [2.24, 2.45) is 0 Å². The SMILES string of the molecule is CC(C(=O)OC(C)(C)C)n1ccc2sccc2c1=O. The molecule has 102 valence electrons. The first kappa shape index (κ1) is 13.8. The molecule has 0 aliphatic rings. The molecule has 1 atom stereocenters. The fourth-order valence-electron chi connectivity index (χ4n) is 1.79. The fourth-order valence-corrected chi connectivity index (χ4v) is 2.56. The molecule has 5 heteroatoms. The van der Waals surface area contributed by atoms with E-state index >= 15 is 0 Å². The van der Waals surface area contributed by atoms with Gasteiger partial charge in [0, 0.05) is 10.9 Å². The Morgan fingerprint density at radius 3 is 2.68 bits per heavy atom.